The highest BCUT2D eigenvalue weighted by Crippen LogP contribution is 2.31. The first-order valence-electron chi connectivity index (χ1n) is 11.8. The van der Waals surface area contributed by atoms with E-state index in [1.54, 1.807) is 36.4 Å². The molecule has 0 spiro atoms. The van der Waals surface area contributed by atoms with Crippen molar-refractivity contribution in [2.75, 3.05) is 36.4 Å². The monoisotopic (exact) mass is 618 g/mol. The van der Waals surface area contributed by atoms with Crippen LogP contribution in [0.25, 0.3) is 11.3 Å². The van der Waals surface area contributed by atoms with Gasteiger partial charge in [0.25, 0.3) is 11.8 Å². The number of benzene rings is 2. The van der Waals surface area contributed by atoms with Gasteiger partial charge in [0.15, 0.2) is 10.9 Å². The number of nitrogens with one attached hydrogen (secondary N) is 2. The minimum absolute atomic E-state index is 0.0611. The van der Waals surface area contributed by atoms with E-state index in [0.29, 0.717) is 58.3 Å². The molecule has 12 heteroatoms. The Hall–Kier alpha value is -3.08. The van der Waals surface area contributed by atoms with Crippen LogP contribution in [0.1, 0.15) is 20.2 Å². The molecule has 2 amide bonds. The quantitative estimate of drug-likeness (QED) is 0.233. The average molecular weight is 620 g/mol. The molecule has 2 aromatic carbocycles. The lowest BCUT2D eigenvalue weighted by Crippen LogP contribution is -2.48. The molecule has 200 valence electrons. The summed E-state index contributed by atoms with van der Waals surface area (Å²) in [6.45, 7) is 2.57. The molecule has 0 unspecified atom stereocenters. The van der Waals surface area contributed by atoms with Crippen LogP contribution >= 0.6 is 58.4 Å². The second-order valence-electron chi connectivity index (χ2n) is 8.62. The van der Waals surface area contributed by atoms with Crippen LogP contribution in [0.3, 0.4) is 0 Å². The van der Waals surface area contributed by atoms with Gasteiger partial charge in [-0.25, -0.2) is 0 Å². The summed E-state index contributed by atoms with van der Waals surface area (Å²) < 4.78 is 5.67. The normalized spacial score (nSPS) is 13.3. The molecule has 2 N–H and O–H groups in total. The number of carbonyl (C=O) groups excluding carboxylic acids is 2. The van der Waals surface area contributed by atoms with E-state index in [-0.39, 0.29) is 16.8 Å². The molecule has 2 aromatic heterocycles. The fourth-order valence-corrected chi connectivity index (χ4v) is 5.64. The molecule has 1 saturated heterocycles. The third kappa shape index (κ3) is 6.40. The number of amides is 2. The Morgan fingerprint density at radius 3 is 2.38 bits per heavy atom. The maximum Gasteiger partial charge on any atom is 0.293 e. The molecule has 0 aliphatic carbocycles. The highest BCUT2D eigenvalue weighted by atomic mass is 35.5. The predicted molar refractivity (Wildman–Crippen MR) is 162 cm³/mol. The standard InChI is InChI=1S/C27H21Cl3N4O3S2/c28-18-5-3-16(14-19(18)29)22-7-8-23(37-22)25(35)32-27(38)31-17-4-6-21(20(30)15-17)33-9-11-34(12-10-33)26(36)24-2-1-13-39-24/h1-8,13-15H,9-12H2,(H2,31,32,35,38). The number of halogens is 3. The number of hydrogen-bond donors (Lipinski definition) is 2. The Bertz CT molecular complexity index is 1530. The minimum Gasteiger partial charge on any atom is -0.451 e. The van der Waals surface area contributed by atoms with Crippen LogP contribution < -0.4 is 15.5 Å². The molecule has 1 aliphatic heterocycles. The van der Waals surface area contributed by atoms with E-state index in [1.807, 2.05) is 34.5 Å². The summed E-state index contributed by atoms with van der Waals surface area (Å²) in [6.07, 6.45) is 0. The van der Waals surface area contributed by atoms with Crippen molar-refractivity contribution in [2.24, 2.45) is 0 Å². The van der Waals surface area contributed by atoms with Gasteiger partial charge in [-0.05, 0) is 72.2 Å². The van der Waals surface area contributed by atoms with Crippen LogP contribution in [0.5, 0.6) is 0 Å². The third-order valence-corrected chi connectivity index (χ3v) is 8.21. The smallest absolute Gasteiger partial charge is 0.293 e. The van der Waals surface area contributed by atoms with Crippen LogP contribution in [0.4, 0.5) is 11.4 Å². The molecular formula is C27H21Cl3N4O3S2. The summed E-state index contributed by atoms with van der Waals surface area (Å²) >= 11 is 25.4. The number of furan rings is 1. The molecule has 0 saturated carbocycles. The van der Waals surface area contributed by atoms with E-state index in [4.69, 9.17) is 51.4 Å². The van der Waals surface area contributed by atoms with Crippen LogP contribution in [-0.2, 0) is 0 Å². The fourth-order valence-electron chi connectivity index (χ4n) is 4.14. The van der Waals surface area contributed by atoms with E-state index in [9.17, 15) is 9.59 Å². The van der Waals surface area contributed by atoms with Gasteiger partial charge in [-0.2, -0.15) is 0 Å². The summed E-state index contributed by atoms with van der Waals surface area (Å²) in [5.74, 6) is 0.115. The first-order chi connectivity index (χ1) is 18.8. The number of carbonyl (C=O) groups is 2. The molecule has 1 fully saturated rings. The van der Waals surface area contributed by atoms with Crippen LogP contribution in [0, 0.1) is 0 Å². The molecule has 39 heavy (non-hydrogen) atoms. The Balaban J connectivity index is 1.15. The first kappa shape index (κ1) is 27.5. The number of anilines is 2. The number of nitrogens with zero attached hydrogens (tertiary/aromatic N) is 2. The lowest BCUT2D eigenvalue weighted by molar-refractivity contribution is 0.0751. The van der Waals surface area contributed by atoms with Crippen molar-refractivity contribution in [1.29, 1.82) is 0 Å². The molecule has 4 aromatic rings. The van der Waals surface area contributed by atoms with Gasteiger partial charge in [0.1, 0.15) is 5.76 Å². The lowest BCUT2D eigenvalue weighted by atomic mass is 10.2. The minimum atomic E-state index is -0.503. The number of thiophene rings is 1. The Morgan fingerprint density at radius 1 is 0.897 bits per heavy atom. The zero-order valence-electron chi connectivity index (χ0n) is 20.2. The Morgan fingerprint density at radius 2 is 1.69 bits per heavy atom. The first-order valence-corrected chi connectivity index (χ1v) is 14.3. The van der Waals surface area contributed by atoms with Crippen molar-refractivity contribution in [3.8, 4) is 11.3 Å². The zero-order valence-corrected chi connectivity index (χ0v) is 24.1. The van der Waals surface area contributed by atoms with E-state index in [2.05, 4.69) is 15.5 Å². The van der Waals surface area contributed by atoms with E-state index in [1.165, 1.54) is 11.3 Å². The molecule has 0 bridgehead atoms. The van der Waals surface area contributed by atoms with Gasteiger partial charge in [-0.15, -0.1) is 11.3 Å². The van der Waals surface area contributed by atoms with Crippen molar-refractivity contribution in [3.63, 3.8) is 0 Å². The SMILES string of the molecule is O=C(NC(=S)Nc1ccc(N2CCN(C(=O)c3cccs3)CC2)c(Cl)c1)c1ccc(-c2ccc(Cl)c(Cl)c2)o1. The summed E-state index contributed by atoms with van der Waals surface area (Å²) in [7, 11) is 0. The maximum atomic E-state index is 12.6. The van der Waals surface area contributed by atoms with Gasteiger partial charge in [-0.3, -0.25) is 14.9 Å². The fraction of sp³-hybridized carbons (Fsp3) is 0.148. The maximum absolute atomic E-state index is 12.6. The number of thiocarbonyl (C=S) groups is 1. The van der Waals surface area contributed by atoms with Gasteiger partial charge in [0, 0.05) is 37.4 Å². The van der Waals surface area contributed by atoms with Crippen molar-refractivity contribution in [2.45, 2.75) is 0 Å². The van der Waals surface area contributed by atoms with Crippen LogP contribution in [0.2, 0.25) is 15.1 Å². The van der Waals surface area contributed by atoms with Crippen LogP contribution in [-0.4, -0.2) is 48.0 Å². The van der Waals surface area contributed by atoms with Crippen molar-refractivity contribution in [1.82, 2.24) is 10.2 Å². The topological polar surface area (TPSA) is 77.8 Å². The molecule has 3 heterocycles. The largest absolute Gasteiger partial charge is 0.451 e. The van der Waals surface area contributed by atoms with Gasteiger partial charge in [0.2, 0.25) is 0 Å². The lowest BCUT2D eigenvalue weighted by Gasteiger charge is -2.36. The molecule has 7 nitrogen and oxygen atoms in total. The van der Waals surface area contributed by atoms with Crippen molar-refractivity contribution >= 4 is 86.7 Å². The van der Waals surface area contributed by atoms with Gasteiger partial charge < -0.3 is 19.5 Å². The van der Waals surface area contributed by atoms with E-state index < -0.39 is 5.91 Å². The molecule has 1 aliphatic rings. The summed E-state index contributed by atoms with van der Waals surface area (Å²) in [6, 6.07) is 17.5. The Labute approximate surface area is 249 Å². The van der Waals surface area contributed by atoms with Crippen molar-refractivity contribution < 1.29 is 14.0 Å². The van der Waals surface area contributed by atoms with Gasteiger partial charge in [-0.1, -0.05) is 40.9 Å². The summed E-state index contributed by atoms with van der Waals surface area (Å²) in [4.78, 5) is 30.0. The highest BCUT2D eigenvalue weighted by molar-refractivity contribution is 7.80. The Kier molecular flexibility index (Phi) is 8.44. The number of rotatable bonds is 5. The summed E-state index contributed by atoms with van der Waals surface area (Å²) in [5.41, 5.74) is 2.18. The predicted octanol–water partition coefficient (Wildman–Crippen LogP) is 7.06. The molecule has 0 atom stereocenters. The molecular weight excluding hydrogens is 599 g/mol. The number of piperazine rings is 1. The van der Waals surface area contributed by atoms with Crippen LogP contribution in [0.15, 0.2) is 70.5 Å². The second-order valence-corrected chi connectivity index (χ2v) is 11.2. The molecule has 5 rings (SSSR count). The molecule has 0 radical (unpaired) electrons. The zero-order chi connectivity index (χ0) is 27.5. The van der Waals surface area contributed by atoms with Gasteiger partial charge >= 0.3 is 0 Å². The third-order valence-electron chi connectivity index (χ3n) is 6.11. The number of hydrogen-bond acceptors (Lipinski definition) is 6. The average Bonchev–Trinajstić information content (AvgIpc) is 3.63. The van der Waals surface area contributed by atoms with E-state index >= 15 is 0 Å². The van der Waals surface area contributed by atoms with Gasteiger partial charge in [0.05, 0.1) is 25.6 Å². The second kappa shape index (κ2) is 12.0. The van der Waals surface area contributed by atoms with E-state index in [0.717, 1.165) is 10.6 Å². The summed E-state index contributed by atoms with van der Waals surface area (Å²) in [5, 5.41) is 8.93. The highest BCUT2D eigenvalue weighted by Gasteiger charge is 2.24. The van der Waals surface area contributed by atoms with Crippen molar-refractivity contribution in [3.05, 3.63) is 91.7 Å².